The van der Waals surface area contributed by atoms with Gasteiger partial charge in [0.1, 0.15) is 0 Å². The molecule has 0 aliphatic rings. The number of halogens is 1. The van der Waals surface area contributed by atoms with Crippen molar-refractivity contribution >= 4 is 28.2 Å². The van der Waals surface area contributed by atoms with E-state index in [4.69, 9.17) is 21.6 Å². The number of aromatic nitrogens is 1. The van der Waals surface area contributed by atoms with E-state index in [-0.39, 0.29) is 0 Å². The fourth-order valence-corrected chi connectivity index (χ4v) is 2.29. The number of rotatable bonds is 6. The molecule has 0 saturated carbocycles. The molecule has 0 amide bonds. The molecule has 0 atom stereocenters. The fourth-order valence-electron chi connectivity index (χ4n) is 2.12. The van der Waals surface area contributed by atoms with E-state index < -0.39 is 0 Å². The molecule has 1 aromatic carbocycles. The van der Waals surface area contributed by atoms with Gasteiger partial charge in [-0.2, -0.15) is 5.26 Å². The predicted molar refractivity (Wildman–Crippen MR) is 81.1 cm³/mol. The Morgan fingerprint density at radius 3 is 2.95 bits per heavy atom. The first-order chi connectivity index (χ1) is 9.76. The van der Waals surface area contributed by atoms with Crippen LogP contribution in [-0.4, -0.2) is 31.8 Å². The number of nitriles is 1. The standard InChI is InChI=1S/C15H16ClN3O/c1-20-10-9-19(8-2-6-17)15-5-7-18-14-11-12(16)3-4-13(14)15/h3-5,7,11H,2,8-10H2,1H3. The van der Waals surface area contributed by atoms with Gasteiger partial charge in [0.05, 0.1) is 24.6 Å². The van der Waals surface area contributed by atoms with E-state index in [0.29, 0.717) is 24.6 Å². The molecule has 0 unspecified atom stereocenters. The van der Waals surface area contributed by atoms with Crippen LogP contribution in [0.15, 0.2) is 30.5 Å². The maximum absolute atomic E-state index is 8.80. The summed E-state index contributed by atoms with van der Waals surface area (Å²) in [6, 6.07) is 9.81. The third-order valence-corrected chi connectivity index (χ3v) is 3.32. The Morgan fingerprint density at radius 2 is 2.20 bits per heavy atom. The zero-order chi connectivity index (χ0) is 14.4. The van der Waals surface area contributed by atoms with Gasteiger partial charge in [0.2, 0.25) is 0 Å². The summed E-state index contributed by atoms with van der Waals surface area (Å²) in [5.41, 5.74) is 1.91. The first kappa shape index (κ1) is 14.6. The lowest BCUT2D eigenvalue weighted by molar-refractivity contribution is 0.205. The maximum Gasteiger partial charge on any atom is 0.0737 e. The minimum Gasteiger partial charge on any atom is -0.383 e. The van der Waals surface area contributed by atoms with Crippen LogP contribution >= 0.6 is 11.6 Å². The van der Waals surface area contributed by atoms with E-state index in [1.165, 1.54) is 0 Å². The summed E-state index contributed by atoms with van der Waals surface area (Å²) < 4.78 is 5.14. The molecule has 0 N–H and O–H groups in total. The van der Waals surface area contributed by atoms with Crippen molar-refractivity contribution < 1.29 is 4.74 Å². The molecule has 0 fully saturated rings. The van der Waals surface area contributed by atoms with E-state index in [1.807, 2.05) is 24.3 Å². The van der Waals surface area contributed by atoms with Crippen LogP contribution in [-0.2, 0) is 4.74 Å². The molecular formula is C15H16ClN3O. The molecule has 1 aromatic heterocycles. The Kier molecular flexibility index (Phi) is 5.16. The van der Waals surface area contributed by atoms with Crippen molar-refractivity contribution in [3.8, 4) is 6.07 Å². The van der Waals surface area contributed by atoms with Crippen molar-refractivity contribution in [2.24, 2.45) is 0 Å². The van der Waals surface area contributed by atoms with Crippen molar-refractivity contribution in [1.29, 1.82) is 5.26 Å². The van der Waals surface area contributed by atoms with E-state index in [0.717, 1.165) is 23.1 Å². The minimum absolute atomic E-state index is 0.473. The number of hydrogen-bond donors (Lipinski definition) is 0. The zero-order valence-corrected chi connectivity index (χ0v) is 12.1. The third kappa shape index (κ3) is 3.38. The second-order valence-electron chi connectivity index (χ2n) is 4.38. The summed E-state index contributed by atoms with van der Waals surface area (Å²) in [6.45, 7) is 2.02. The van der Waals surface area contributed by atoms with Crippen LogP contribution in [0.4, 0.5) is 5.69 Å². The van der Waals surface area contributed by atoms with E-state index >= 15 is 0 Å². The number of methoxy groups -OCH3 is 1. The van der Waals surface area contributed by atoms with Crippen molar-refractivity contribution in [1.82, 2.24) is 4.98 Å². The quantitative estimate of drug-likeness (QED) is 0.819. The summed E-state index contributed by atoms with van der Waals surface area (Å²) >= 11 is 6.00. The van der Waals surface area contributed by atoms with Gasteiger partial charge in [-0.25, -0.2) is 0 Å². The molecule has 5 heteroatoms. The number of anilines is 1. The van der Waals surface area contributed by atoms with Crippen LogP contribution < -0.4 is 4.90 Å². The fraction of sp³-hybridized carbons (Fsp3) is 0.333. The molecule has 104 valence electrons. The second-order valence-corrected chi connectivity index (χ2v) is 4.82. The number of benzene rings is 1. The molecule has 2 aromatic rings. The van der Waals surface area contributed by atoms with Gasteiger partial charge in [0.25, 0.3) is 0 Å². The van der Waals surface area contributed by atoms with Crippen LogP contribution in [0.5, 0.6) is 0 Å². The van der Waals surface area contributed by atoms with E-state index in [1.54, 1.807) is 13.3 Å². The Labute approximate surface area is 123 Å². The molecule has 0 aliphatic heterocycles. The first-order valence-corrected chi connectivity index (χ1v) is 6.79. The number of nitrogens with zero attached hydrogens (tertiary/aromatic N) is 3. The Bertz CT molecular complexity index is 624. The van der Waals surface area contributed by atoms with Crippen LogP contribution in [0.25, 0.3) is 10.9 Å². The highest BCUT2D eigenvalue weighted by Crippen LogP contribution is 2.27. The van der Waals surface area contributed by atoms with Crippen LogP contribution in [0.1, 0.15) is 6.42 Å². The Balaban J connectivity index is 2.38. The maximum atomic E-state index is 8.80. The molecule has 0 aliphatic carbocycles. The largest absolute Gasteiger partial charge is 0.383 e. The van der Waals surface area contributed by atoms with Gasteiger partial charge in [0, 0.05) is 42.5 Å². The van der Waals surface area contributed by atoms with Gasteiger partial charge in [0.15, 0.2) is 0 Å². The molecule has 2 rings (SSSR count). The topological polar surface area (TPSA) is 49.1 Å². The summed E-state index contributed by atoms with van der Waals surface area (Å²) in [5, 5.41) is 10.5. The molecule has 20 heavy (non-hydrogen) atoms. The van der Waals surface area contributed by atoms with Gasteiger partial charge in [-0.15, -0.1) is 0 Å². The van der Waals surface area contributed by atoms with E-state index in [2.05, 4.69) is 16.0 Å². The Morgan fingerprint density at radius 1 is 1.35 bits per heavy atom. The zero-order valence-electron chi connectivity index (χ0n) is 11.3. The molecule has 0 spiro atoms. The molecule has 0 saturated heterocycles. The minimum atomic E-state index is 0.473. The van der Waals surface area contributed by atoms with Crippen LogP contribution in [0, 0.1) is 11.3 Å². The van der Waals surface area contributed by atoms with Crippen molar-refractivity contribution in [2.75, 3.05) is 31.7 Å². The SMILES string of the molecule is COCCN(CCC#N)c1ccnc2cc(Cl)ccc12. The summed E-state index contributed by atoms with van der Waals surface area (Å²) in [5.74, 6) is 0. The van der Waals surface area contributed by atoms with Gasteiger partial charge in [-0.05, 0) is 24.3 Å². The number of fused-ring (bicyclic) bond motifs is 1. The summed E-state index contributed by atoms with van der Waals surface area (Å²) in [6.07, 6.45) is 2.24. The molecule has 4 nitrogen and oxygen atoms in total. The predicted octanol–water partition coefficient (Wildman–Crippen LogP) is 3.25. The second kappa shape index (κ2) is 7.09. The lowest BCUT2D eigenvalue weighted by Crippen LogP contribution is -2.28. The Hall–Kier alpha value is -1.83. The highest BCUT2D eigenvalue weighted by atomic mass is 35.5. The van der Waals surface area contributed by atoms with Crippen molar-refractivity contribution in [3.05, 3.63) is 35.5 Å². The highest BCUT2D eigenvalue weighted by Gasteiger charge is 2.10. The molecule has 1 heterocycles. The average Bonchev–Trinajstić information content (AvgIpc) is 2.47. The van der Waals surface area contributed by atoms with Crippen LogP contribution in [0.3, 0.4) is 0 Å². The lowest BCUT2D eigenvalue weighted by Gasteiger charge is -2.24. The number of ether oxygens (including phenoxy) is 1. The number of pyridine rings is 1. The normalized spacial score (nSPS) is 10.4. The van der Waals surface area contributed by atoms with Gasteiger partial charge in [-0.3, -0.25) is 4.98 Å². The average molecular weight is 290 g/mol. The molecular weight excluding hydrogens is 274 g/mol. The third-order valence-electron chi connectivity index (χ3n) is 3.08. The van der Waals surface area contributed by atoms with Gasteiger partial charge >= 0.3 is 0 Å². The monoisotopic (exact) mass is 289 g/mol. The van der Waals surface area contributed by atoms with Crippen LogP contribution in [0.2, 0.25) is 5.02 Å². The van der Waals surface area contributed by atoms with Crippen molar-refractivity contribution in [2.45, 2.75) is 6.42 Å². The van der Waals surface area contributed by atoms with E-state index in [9.17, 15) is 0 Å². The smallest absolute Gasteiger partial charge is 0.0737 e. The molecule has 0 bridgehead atoms. The first-order valence-electron chi connectivity index (χ1n) is 6.41. The van der Waals surface area contributed by atoms with Gasteiger partial charge < -0.3 is 9.64 Å². The lowest BCUT2D eigenvalue weighted by atomic mass is 10.1. The number of hydrogen-bond acceptors (Lipinski definition) is 4. The summed E-state index contributed by atoms with van der Waals surface area (Å²) in [7, 11) is 1.67. The van der Waals surface area contributed by atoms with Gasteiger partial charge in [-0.1, -0.05) is 11.6 Å². The highest BCUT2D eigenvalue weighted by molar-refractivity contribution is 6.31. The van der Waals surface area contributed by atoms with Crippen molar-refractivity contribution in [3.63, 3.8) is 0 Å². The molecule has 0 radical (unpaired) electrons. The summed E-state index contributed by atoms with van der Waals surface area (Å²) in [4.78, 5) is 6.48.